The van der Waals surface area contributed by atoms with E-state index in [0.717, 1.165) is 54.8 Å². The van der Waals surface area contributed by atoms with Crippen molar-refractivity contribution in [3.63, 3.8) is 0 Å². The molecule has 3 heterocycles. The summed E-state index contributed by atoms with van der Waals surface area (Å²) in [7, 11) is 0. The topological polar surface area (TPSA) is 82.2 Å². The first-order valence-electron chi connectivity index (χ1n) is 9.18. The minimum atomic E-state index is -0.765. The Labute approximate surface area is 162 Å². The first-order valence-corrected chi connectivity index (χ1v) is 9.56. The van der Waals surface area contributed by atoms with Gasteiger partial charge in [-0.25, -0.2) is 4.98 Å². The molecule has 1 aliphatic rings. The SMILES string of the molecule is OC(NCC1CCOCC1)c1cnc(Nc2cccc(Cl)c2)c2[nH]ccc12. The molecule has 0 bridgehead atoms. The van der Waals surface area contributed by atoms with Crippen molar-refractivity contribution >= 4 is 34.0 Å². The molecule has 3 aromatic rings. The zero-order valence-corrected chi connectivity index (χ0v) is 15.7. The monoisotopic (exact) mass is 386 g/mol. The Morgan fingerprint density at radius 3 is 2.96 bits per heavy atom. The summed E-state index contributed by atoms with van der Waals surface area (Å²) in [5.41, 5.74) is 2.46. The summed E-state index contributed by atoms with van der Waals surface area (Å²) in [6.07, 6.45) is 4.86. The summed E-state index contributed by atoms with van der Waals surface area (Å²) in [6.45, 7) is 2.37. The fourth-order valence-electron chi connectivity index (χ4n) is 3.43. The highest BCUT2D eigenvalue weighted by atomic mass is 35.5. The highest BCUT2D eigenvalue weighted by Crippen LogP contribution is 2.29. The third-order valence-electron chi connectivity index (χ3n) is 4.95. The standard InChI is InChI=1S/C20H23ClN4O2/c21-14-2-1-3-15(10-14)25-19-18-16(4-7-22-18)17(12-23-19)20(26)24-11-13-5-8-27-9-6-13/h1-4,7,10,12-13,20,22,24,26H,5-6,8-9,11H2,(H,23,25). The Hall–Kier alpha value is -2.12. The van der Waals surface area contributed by atoms with Crippen molar-refractivity contribution in [2.24, 2.45) is 5.92 Å². The van der Waals surface area contributed by atoms with E-state index in [0.29, 0.717) is 16.8 Å². The molecule has 27 heavy (non-hydrogen) atoms. The summed E-state index contributed by atoms with van der Waals surface area (Å²) in [5.74, 6) is 1.23. The van der Waals surface area contributed by atoms with E-state index in [1.54, 1.807) is 6.20 Å². The van der Waals surface area contributed by atoms with Gasteiger partial charge in [0.2, 0.25) is 0 Å². The van der Waals surface area contributed by atoms with Crippen molar-refractivity contribution in [3.05, 3.63) is 53.3 Å². The predicted molar refractivity (Wildman–Crippen MR) is 107 cm³/mol. The number of halogens is 1. The summed E-state index contributed by atoms with van der Waals surface area (Å²) < 4.78 is 5.39. The number of pyridine rings is 1. The zero-order chi connectivity index (χ0) is 18.6. The molecule has 1 fully saturated rings. The molecular weight excluding hydrogens is 364 g/mol. The van der Waals surface area contributed by atoms with Gasteiger partial charge in [-0.15, -0.1) is 0 Å². The maximum Gasteiger partial charge on any atom is 0.154 e. The quantitative estimate of drug-likeness (QED) is 0.482. The molecule has 2 aromatic heterocycles. The highest BCUT2D eigenvalue weighted by molar-refractivity contribution is 6.30. The lowest BCUT2D eigenvalue weighted by Crippen LogP contribution is -2.30. The van der Waals surface area contributed by atoms with Gasteiger partial charge in [-0.3, -0.25) is 5.32 Å². The van der Waals surface area contributed by atoms with E-state index in [9.17, 15) is 5.11 Å². The van der Waals surface area contributed by atoms with E-state index in [2.05, 4.69) is 20.6 Å². The van der Waals surface area contributed by atoms with Crippen LogP contribution in [0.2, 0.25) is 5.02 Å². The summed E-state index contributed by atoms with van der Waals surface area (Å²) in [4.78, 5) is 7.72. The van der Waals surface area contributed by atoms with Gasteiger partial charge in [0.15, 0.2) is 5.82 Å². The van der Waals surface area contributed by atoms with Crippen LogP contribution in [0.1, 0.15) is 24.6 Å². The lowest BCUT2D eigenvalue weighted by atomic mass is 10.00. The van der Waals surface area contributed by atoms with Gasteiger partial charge in [0.05, 0.1) is 5.52 Å². The van der Waals surface area contributed by atoms with Gasteiger partial charge < -0.3 is 20.1 Å². The molecular formula is C20H23ClN4O2. The molecule has 1 saturated heterocycles. The first kappa shape index (κ1) is 18.3. The van der Waals surface area contributed by atoms with Gasteiger partial charge in [-0.2, -0.15) is 0 Å². The van der Waals surface area contributed by atoms with Crippen molar-refractivity contribution in [1.82, 2.24) is 15.3 Å². The van der Waals surface area contributed by atoms with Crippen molar-refractivity contribution < 1.29 is 9.84 Å². The lowest BCUT2D eigenvalue weighted by molar-refractivity contribution is 0.0570. The van der Waals surface area contributed by atoms with E-state index in [1.807, 2.05) is 36.5 Å². The van der Waals surface area contributed by atoms with Gasteiger partial charge in [0.25, 0.3) is 0 Å². The molecule has 0 radical (unpaired) electrons. The smallest absolute Gasteiger partial charge is 0.154 e. The summed E-state index contributed by atoms with van der Waals surface area (Å²) in [6, 6.07) is 9.44. The number of benzene rings is 1. The molecule has 4 rings (SSSR count). The van der Waals surface area contributed by atoms with Crippen LogP contribution in [0.4, 0.5) is 11.5 Å². The fourth-order valence-corrected chi connectivity index (χ4v) is 3.62. The number of aliphatic hydroxyl groups excluding tert-OH is 1. The Morgan fingerprint density at radius 1 is 1.30 bits per heavy atom. The van der Waals surface area contributed by atoms with E-state index in [-0.39, 0.29) is 0 Å². The van der Waals surface area contributed by atoms with Crippen molar-refractivity contribution in [3.8, 4) is 0 Å². The van der Waals surface area contributed by atoms with Gasteiger partial charge in [0.1, 0.15) is 6.23 Å². The number of nitrogens with one attached hydrogen (secondary N) is 3. The number of hydrogen-bond donors (Lipinski definition) is 4. The number of hydrogen-bond acceptors (Lipinski definition) is 5. The molecule has 1 aromatic carbocycles. The van der Waals surface area contributed by atoms with E-state index < -0.39 is 6.23 Å². The van der Waals surface area contributed by atoms with Crippen LogP contribution in [0.3, 0.4) is 0 Å². The summed E-state index contributed by atoms with van der Waals surface area (Å²) >= 11 is 6.06. The second-order valence-electron chi connectivity index (χ2n) is 6.83. The van der Waals surface area contributed by atoms with E-state index in [1.165, 1.54) is 0 Å². The second-order valence-corrected chi connectivity index (χ2v) is 7.27. The molecule has 0 spiro atoms. The van der Waals surface area contributed by atoms with Crippen LogP contribution in [0.25, 0.3) is 10.9 Å². The highest BCUT2D eigenvalue weighted by Gasteiger charge is 2.18. The number of H-pyrrole nitrogens is 1. The van der Waals surface area contributed by atoms with Crippen LogP contribution in [-0.2, 0) is 4.74 Å². The molecule has 7 heteroatoms. The summed E-state index contributed by atoms with van der Waals surface area (Å²) in [5, 5.41) is 18.8. The number of aromatic amines is 1. The Balaban J connectivity index is 1.51. The number of nitrogens with zero attached hydrogens (tertiary/aromatic N) is 1. The largest absolute Gasteiger partial charge is 0.381 e. The average Bonchev–Trinajstić information content (AvgIpc) is 3.17. The van der Waals surface area contributed by atoms with Crippen LogP contribution in [-0.4, -0.2) is 34.8 Å². The maximum atomic E-state index is 10.7. The number of aromatic nitrogens is 2. The van der Waals surface area contributed by atoms with E-state index >= 15 is 0 Å². The number of ether oxygens (including phenoxy) is 1. The number of rotatable bonds is 6. The molecule has 0 amide bonds. The Morgan fingerprint density at radius 2 is 2.15 bits per heavy atom. The van der Waals surface area contributed by atoms with Crippen molar-refractivity contribution in [1.29, 1.82) is 0 Å². The van der Waals surface area contributed by atoms with Crippen LogP contribution in [0, 0.1) is 5.92 Å². The molecule has 1 unspecified atom stereocenters. The third-order valence-corrected chi connectivity index (χ3v) is 5.19. The molecule has 142 valence electrons. The van der Waals surface area contributed by atoms with Gasteiger partial charge in [-0.1, -0.05) is 17.7 Å². The predicted octanol–water partition coefficient (Wildman–Crippen LogP) is 3.97. The minimum absolute atomic E-state index is 0.534. The molecule has 1 atom stereocenters. The molecule has 1 aliphatic heterocycles. The van der Waals surface area contributed by atoms with Crippen molar-refractivity contribution in [2.45, 2.75) is 19.1 Å². The third kappa shape index (κ3) is 4.25. The van der Waals surface area contributed by atoms with Crippen LogP contribution in [0.15, 0.2) is 42.7 Å². The number of aliphatic hydroxyl groups is 1. The molecule has 0 aliphatic carbocycles. The van der Waals surface area contributed by atoms with E-state index in [4.69, 9.17) is 16.3 Å². The first-order chi connectivity index (χ1) is 13.2. The second kappa shape index (κ2) is 8.27. The normalized spacial score (nSPS) is 16.5. The maximum absolute atomic E-state index is 10.7. The van der Waals surface area contributed by atoms with Gasteiger partial charge in [-0.05, 0) is 43.0 Å². The molecule has 0 saturated carbocycles. The van der Waals surface area contributed by atoms with Gasteiger partial charge >= 0.3 is 0 Å². The lowest BCUT2D eigenvalue weighted by Gasteiger charge is -2.24. The Kier molecular flexibility index (Phi) is 5.59. The van der Waals surface area contributed by atoms with Gasteiger partial charge in [0, 0.05) is 53.8 Å². The number of anilines is 2. The average molecular weight is 387 g/mol. The van der Waals surface area contributed by atoms with Crippen molar-refractivity contribution in [2.75, 3.05) is 25.1 Å². The molecule has 4 N–H and O–H groups in total. The number of fused-ring (bicyclic) bond motifs is 1. The van der Waals surface area contributed by atoms with Crippen LogP contribution < -0.4 is 10.6 Å². The zero-order valence-electron chi connectivity index (χ0n) is 14.9. The molecule has 6 nitrogen and oxygen atoms in total. The Bertz CT molecular complexity index is 908. The fraction of sp³-hybridized carbons (Fsp3) is 0.350. The van der Waals surface area contributed by atoms with Crippen LogP contribution >= 0.6 is 11.6 Å². The van der Waals surface area contributed by atoms with Crippen LogP contribution in [0.5, 0.6) is 0 Å². The minimum Gasteiger partial charge on any atom is -0.381 e.